The van der Waals surface area contributed by atoms with Gasteiger partial charge in [-0.2, -0.15) is 0 Å². The number of hydrogen-bond acceptors (Lipinski definition) is 3. The molecule has 1 aliphatic heterocycles. The van der Waals surface area contributed by atoms with E-state index in [1.807, 2.05) is 18.2 Å². The van der Waals surface area contributed by atoms with Crippen LogP contribution in [0.4, 0.5) is 5.69 Å². The van der Waals surface area contributed by atoms with Crippen LogP contribution in [0.3, 0.4) is 0 Å². The van der Waals surface area contributed by atoms with E-state index in [2.05, 4.69) is 40.6 Å². The molecule has 1 saturated carbocycles. The molecule has 0 amide bonds. The summed E-state index contributed by atoms with van der Waals surface area (Å²) in [5.41, 5.74) is 8.50. The number of nitrogens with two attached hydrogens (primary N) is 1. The number of aliphatic imine (C=N–C) groups is 1. The second-order valence-electron chi connectivity index (χ2n) is 7.04. The van der Waals surface area contributed by atoms with Crippen molar-refractivity contribution in [2.24, 2.45) is 10.7 Å². The van der Waals surface area contributed by atoms with Crippen LogP contribution in [0, 0.1) is 0 Å². The van der Waals surface area contributed by atoms with E-state index in [0.717, 1.165) is 36.4 Å². The Morgan fingerprint density at radius 2 is 1.77 bits per heavy atom. The maximum absolute atomic E-state index is 6.14. The van der Waals surface area contributed by atoms with Crippen molar-refractivity contribution in [3.8, 4) is 11.5 Å². The zero-order chi connectivity index (χ0) is 17.8. The van der Waals surface area contributed by atoms with Crippen molar-refractivity contribution >= 4 is 11.6 Å². The van der Waals surface area contributed by atoms with E-state index in [9.17, 15) is 0 Å². The fourth-order valence-electron chi connectivity index (χ4n) is 3.60. The predicted octanol–water partition coefficient (Wildman–Crippen LogP) is 3.70. The van der Waals surface area contributed by atoms with Gasteiger partial charge < -0.3 is 20.5 Å². The molecule has 0 aromatic heterocycles. The summed E-state index contributed by atoms with van der Waals surface area (Å²) in [6.45, 7) is 2.06. The minimum absolute atomic E-state index is 0.137. The third-order valence-electron chi connectivity index (χ3n) is 5.27. The predicted molar refractivity (Wildman–Crippen MR) is 104 cm³/mol. The van der Waals surface area contributed by atoms with Crippen molar-refractivity contribution in [1.29, 1.82) is 0 Å². The van der Waals surface area contributed by atoms with Crippen molar-refractivity contribution in [3.63, 3.8) is 0 Å². The number of hydrogen-bond donors (Lipinski definition) is 2. The Bertz CT molecular complexity index is 785. The first kappa shape index (κ1) is 16.8. The van der Waals surface area contributed by atoms with E-state index in [0.29, 0.717) is 25.7 Å². The standard InChI is InChI=1S/C21H25N3O2/c22-20(23-15-21(10-4-11-21)16-6-2-1-3-7-16)24-17-8-9-18-19(14-17)26-13-5-12-25-18/h1-3,6-9,14H,4-5,10-13,15H2,(H3,22,23,24). The van der Waals surface area contributed by atoms with Crippen LogP contribution in [0.2, 0.25) is 0 Å². The highest BCUT2D eigenvalue weighted by Crippen LogP contribution is 2.43. The number of rotatable bonds is 4. The number of anilines is 1. The molecule has 2 aromatic carbocycles. The van der Waals surface area contributed by atoms with Gasteiger partial charge in [-0.05, 0) is 30.5 Å². The Hall–Kier alpha value is -2.69. The Morgan fingerprint density at radius 3 is 2.50 bits per heavy atom. The number of fused-ring (bicyclic) bond motifs is 1. The van der Waals surface area contributed by atoms with E-state index in [1.165, 1.54) is 12.0 Å². The molecule has 0 spiro atoms. The summed E-state index contributed by atoms with van der Waals surface area (Å²) in [7, 11) is 0. The maximum atomic E-state index is 6.14. The highest BCUT2D eigenvalue weighted by atomic mass is 16.5. The fraction of sp³-hybridized carbons (Fsp3) is 0.381. The molecule has 1 aliphatic carbocycles. The Balaban J connectivity index is 1.45. The van der Waals surface area contributed by atoms with Gasteiger partial charge in [-0.25, -0.2) is 0 Å². The quantitative estimate of drug-likeness (QED) is 0.651. The van der Waals surface area contributed by atoms with Crippen molar-refractivity contribution in [2.45, 2.75) is 31.1 Å². The first-order valence-electron chi connectivity index (χ1n) is 9.27. The van der Waals surface area contributed by atoms with Gasteiger partial charge in [-0.3, -0.25) is 4.99 Å². The molecule has 136 valence electrons. The van der Waals surface area contributed by atoms with Gasteiger partial charge >= 0.3 is 0 Å². The van der Waals surface area contributed by atoms with E-state index in [4.69, 9.17) is 15.2 Å². The Morgan fingerprint density at radius 1 is 1.00 bits per heavy atom. The van der Waals surface area contributed by atoms with Gasteiger partial charge in [0.05, 0.1) is 19.8 Å². The lowest BCUT2D eigenvalue weighted by molar-refractivity contribution is 0.254. The second kappa shape index (κ2) is 7.28. The number of nitrogens with one attached hydrogen (secondary N) is 1. The summed E-state index contributed by atoms with van der Waals surface area (Å²) in [4.78, 5) is 4.63. The molecule has 0 radical (unpaired) electrons. The molecule has 0 unspecified atom stereocenters. The largest absolute Gasteiger partial charge is 0.490 e. The third-order valence-corrected chi connectivity index (χ3v) is 5.27. The minimum Gasteiger partial charge on any atom is -0.490 e. The van der Waals surface area contributed by atoms with E-state index < -0.39 is 0 Å². The summed E-state index contributed by atoms with van der Waals surface area (Å²) in [6, 6.07) is 16.4. The first-order chi connectivity index (χ1) is 12.8. The topological polar surface area (TPSA) is 68.9 Å². The van der Waals surface area contributed by atoms with Crippen LogP contribution in [-0.2, 0) is 5.41 Å². The molecule has 1 fully saturated rings. The second-order valence-corrected chi connectivity index (χ2v) is 7.04. The summed E-state index contributed by atoms with van der Waals surface area (Å²) >= 11 is 0. The molecule has 2 aliphatic rings. The third kappa shape index (κ3) is 3.47. The monoisotopic (exact) mass is 351 g/mol. The summed E-state index contributed by atoms with van der Waals surface area (Å²) in [5.74, 6) is 1.96. The van der Waals surface area contributed by atoms with Crippen molar-refractivity contribution < 1.29 is 9.47 Å². The number of benzene rings is 2. The van der Waals surface area contributed by atoms with Crippen LogP contribution in [-0.4, -0.2) is 25.7 Å². The Labute approximate surface area is 154 Å². The molecule has 5 heteroatoms. The highest BCUT2D eigenvalue weighted by molar-refractivity contribution is 5.92. The summed E-state index contributed by atoms with van der Waals surface area (Å²) < 4.78 is 11.4. The molecule has 0 bridgehead atoms. The van der Waals surface area contributed by atoms with Crippen LogP contribution in [0.25, 0.3) is 0 Å². The van der Waals surface area contributed by atoms with Crippen LogP contribution in [0.5, 0.6) is 11.5 Å². The average molecular weight is 351 g/mol. The molecule has 1 heterocycles. The van der Waals surface area contributed by atoms with Gasteiger partial charge in [0.25, 0.3) is 0 Å². The van der Waals surface area contributed by atoms with Crippen LogP contribution >= 0.6 is 0 Å². The van der Waals surface area contributed by atoms with Crippen molar-refractivity contribution in [2.75, 3.05) is 25.1 Å². The number of guanidine groups is 1. The maximum Gasteiger partial charge on any atom is 0.193 e. The smallest absolute Gasteiger partial charge is 0.193 e. The average Bonchev–Trinajstić information content (AvgIpc) is 2.87. The SMILES string of the molecule is NC(=NCC1(c2ccccc2)CCC1)Nc1ccc2c(c1)OCCCO2. The lowest BCUT2D eigenvalue weighted by atomic mass is 9.64. The molecule has 26 heavy (non-hydrogen) atoms. The first-order valence-corrected chi connectivity index (χ1v) is 9.27. The molecule has 0 atom stereocenters. The zero-order valence-electron chi connectivity index (χ0n) is 14.9. The normalized spacial score (nSPS) is 18.5. The Kier molecular flexibility index (Phi) is 4.69. The van der Waals surface area contributed by atoms with Crippen LogP contribution < -0.4 is 20.5 Å². The summed E-state index contributed by atoms with van der Waals surface area (Å²) in [5, 5.41) is 3.18. The summed E-state index contributed by atoms with van der Waals surface area (Å²) in [6.07, 6.45) is 4.47. The lowest BCUT2D eigenvalue weighted by Crippen LogP contribution is -2.38. The van der Waals surface area contributed by atoms with Gasteiger partial charge in [0.15, 0.2) is 17.5 Å². The number of nitrogens with zero attached hydrogens (tertiary/aromatic N) is 1. The molecule has 4 rings (SSSR count). The van der Waals surface area contributed by atoms with Gasteiger partial charge in [-0.15, -0.1) is 0 Å². The lowest BCUT2D eigenvalue weighted by Gasteiger charge is -2.41. The van der Waals surface area contributed by atoms with Gasteiger partial charge in [0.1, 0.15) is 0 Å². The molecular weight excluding hydrogens is 326 g/mol. The molecule has 5 nitrogen and oxygen atoms in total. The van der Waals surface area contributed by atoms with E-state index >= 15 is 0 Å². The van der Waals surface area contributed by atoms with E-state index in [1.54, 1.807) is 0 Å². The van der Waals surface area contributed by atoms with Gasteiger partial charge in [0, 0.05) is 23.6 Å². The fourth-order valence-corrected chi connectivity index (χ4v) is 3.60. The number of ether oxygens (including phenoxy) is 2. The molecule has 2 aromatic rings. The van der Waals surface area contributed by atoms with Gasteiger partial charge in [0.2, 0.25) is 0 Å². The van der Waals surface area contributed by atoms with Crippen molar-refractivity contribution in [1.82, 2.24) is 0 Å². The van der Waals surface area contributed by atoms with E-state index in [-0.39, 0.29) is 5.41 Å². The molecule has 3 N–H and O–H groups in total. The van der Waals surface area contributed by atoms with Gasteiger partial charge in [-0.1, -0.05) is 36.8 Å². The highest BCUT2D eigenvalue weighted by Gasteiger charge is 2.38. The minimum atomic E-state index is 0.137. The zero-order valence-corrected chi connectivity index (χ0v) is 14.9. The molecule has 0 saturated heterocycles. The van der Waals surface area contributed by atoms with Crippen LogP contribution in [0.1, 0.15) is 31.2 Å². The van der Waals surface area contributed by atoms with Crippen LogP contribution in [0.15, 0.2) is 53.5 Å². The van der Waals surface area contributed by atoms with Crippen molar-refractivity contribution in [3.05, 3.63) is 54.1 Å². The molecular formula is C21H25N3O2.